The lowest BCUT2D eigenvalue weighted by Crippen LogP contribution is -2.13. The highest BCUT2D eigenvalue weighted by atomic mass is 32.1. The number of carbonyl (C=O) groups excluding carboxylic acids is 2. The molecule has 2 aromatic carbocycles. The molecule has 0 atom stereocenters. The zero-order valence-electron chi connectivity index (χ0n) is 16.3. The highest BCUT2D eigenvalue weighted by molar-refractivity contribution is 7.17. The molecule has 0 saturated heterocycles. The van der Waals surface area contributed by atoms with E-state index < -0.39 is 11.9 Å². The molecule has 2 aromatic heterocycles. The van der Waals surface area contributed by atoms with Gasteiger partial charge in [-0.3, -0.25) is 10.1 Å². The van der Waals surface area contributed by atoms with Crippen LogP contribution in [-0.2, 0) is 11.3 Å². The summed E-state index contributed by atoms with van der Waals surface area (Å²) in [5.41, 5.74) is 1.70. The third kappa shape index (κ3) is 3.90. The number of carbonyl (C=O) groups is 2. The molecule has 0 fully saturated rings. The lowest BCUT2D eigenvalue weighted by Gasteiger charge is -2.06. The number of aromatic nitrogens is 1. The Morgan fingerprint density at radius 1 is 1.10 bits per heavy atom. The van der Waals surface area contributed by atoms with Gasteiger partial charge in [-0.1, -0.05) is 47.7 Å². The van der Waals surface area contributed by atoms with Gasteiger partial charge >= 0.3 is 5.97 Å². The molecule has 1 N–H and O–H groups in total. The van der Waals surface area contributed by atoms with Crippen LogP contribution in [-0.4, -0.2) is 24.0 Å². The van der Waals surface area contributed by atoms with Gasteiger partial charge in [0.15, 0.2) is 10.9 Å². The van der Waals surface area contributed by atoms with Crippen LogP contribution in [0.4, 0.5) is 5.13 Å². The minimum atomic E-state index is -0.494. The zero-order valence-corrected chi connectivity index (χ0v) is 17.1. The molecule has 7 nitrogen and oxygen atoms in total. The van der Waals surface area contributed by atoms with E-state index >= 15 is 0 Å². The first-order valence-corrected chi connectivity index (χ1v) is 9.94. The summed E-state index contributed by atoms with van der Waals surface area (Å²) >= 11 is 1.05. The van der Waals surface area contributed by atoms with E-state index in [4.69, 9.17) is 13.9 Å². The Kier molecular flexibility index (Phi) is 5.49. The van der Waals surface area contributed by atoms with Crippen molar-refractivity contribution in [1.29, 1.82) is 0 Å². The fraction of sp³-hybridized carbons (Fsp3) is 0.136. The second-order valence-corrected chi connectivity index (χ2v) is 7.39. The number of aryl methyl sites for hydroxylation is 1. The summed E-state index contributed by atoms with van der Waals surface area (Å²) in [5, 5.41) is 3.79. The first-order valence-electron chi connectivity index (χ1n) is 9.12. The van der Waals surface area contributed by atoms with Crippen molar-refractivity contribution in [3.8, 4) is 5.75 Å². The number of esters is 1. The monoisotopic (exact) mass is 422 g/mol. The lowest BCUT2D eigenvalue weighted by molar-refractivity contribution is 0.0605. The second-order valence-electron chi connectivity index (χ2n) is 6.39. The Labute approximate surface area is 176 Å². The van der Waals surface area contributed by atoms with Crippen LogP contribution in [0.5, 0.6) is 5.75 Å². The van der Waals surface area contributed by atoms with Crippen LogP contribution in [0.2, 0.25) is 0 Å². The van der Waals surface area contributed by atoms with Crippen molar-refractivity contribution in [3.05, 3.63) is 76.5 Å². The van der Waals surface area contributed by atoms with E-state index in [1.807, 2.05) is 48.5 Å². The molecule has 4 aromatic rings. The van der Waals surface area contributed by atoms with Gasteiger partial charge in [0.05, 0.1) is 12.8 Å². The molecule has 0 aliphatic rings. The molecule has 0 radical (unpaired) electrons. The predicted molar refractivity (Wildman–Crippen MR) is 113 cm³/mol. The topological polar surface area (TPSA) is 90.7 Å². The number of methoxy groups -OCH3 is 1. The third-order valence-corrected chi connectivity index (χ3v) is 5.47. The van der Waals surface area contributed by atoms with Crippen molar-refractivity contribution in [2.24, 2.45) is 0 Å². The summed E-state index contributed by atoms with van der Waals surface area (Å²) in [6.45, 7) is 1.84. The molecule has 2 heterocycles. The molecular weight excluding hydrogens is 404 g/mol. The fourth-order valence-corrected chi connectivity index (χ4v) is 3.86. The molecule has 1 amide bonds. The molecule has 152 valence electrons. The number of nitrogens with one attached hydrogen (secondary N) is 1. The molecular formula is C22H18N2O5S. The van der Waals surface area contributed by atoms with Crippen molar-refractivity contribution < 1.29 is 23.5 Å². The molecule has 4 rings (SSSR count). The minimum Gasteiger partial charge on any atom is -0.489 e. The maximum atomic E-state index is 13.0. The third-order valence-electron chi connectivity index (χ3n) is 4.42. The molecule has 0 aliphatic carbocycles. The van der Waals surface area contributed by atoms with Crippen molar-refractivity contribution in [2.45, 2.75) is 13.5 Å². The van der Waals surface area contributed by atoms with Gasteiger partial charge in [0, 0.05) is 10.9 Å². The number of thiazole rings is 1. The van der Waals surface area contributed by atoms with E-state index in [-0.39, 0.29) is 17.5 Å². The number of para-hydroxylation sites is 2. The Balaban J connectivity index is 1.63. The normalized spacial score (nSPS) is 10.7. The van der Waals surface area contributed by atoms with Gasteiger partial charge in [-0.15, -0.1) is 0 Å². The Hall–Kier alpha value is -3.65. The Morgan fingerprint density at radius 2 is 1.83 bits per heavy atom. The summed E-state index contributed by atoms with van der Waals surface area (Å²) in [6, 6.07) is 16.7. The standard InChI is InChI=1S/C22H18N2O5S/c1-13-19(21(26)27-2)30-22(23-13)24-20(25)18-16(12-28-14-8-4-3-5-9-14)15-10-6-7-11-17(15)29-18/h3-11H,12H2,1-2H3,(H,23,24,25). The smallest absolute Gasteiger partial charge is 0.350 e. The molecule has 0 spiro atoms. The number of nitrogens with zero attached hydrogens (tertiary/aromatic N) is 1. The number of hydrogen-bond acceptors (Lipinski definition) is 7. The van der Waals surface area contributed by atoms with Crippen LogP contribution >= 0.6 is 11.3 Å². The van der Waals surface area contributed by atoms with Crippen molar-refractivity contribution in [1.82, 2.24) is 4.98 Å². The first-order chi connectivity index (χ1) is 14.6. The summed E-state index contributed by atoms with van der Waals surface area (Å²) < 4.78 is 16.4. The maximum absolute atomic E-state index is 13.0. The van der Waals surface area contributed by atoms with E-state index in [9.17, 15) is 9.59 Å². The fourth-order valence-electron chi connectivity index (χ4n) is 2.98. The van der Waals surface area contributed by atoms with E-state index in [2.05, 4.69) is 10.3 Å². The van der Waals surface area contributed by atoms with Crippen molar-refractivity contribution in [3.63, 3.8) is 0 Å². The van der Waals surface area contributed by atoms with Gasteiger partial charge in [-0.25, -0.2) is 9.78 Å². The number of rotatable bonds is 6. The number of ether oxygens (including phenoxy) is 2. The van der Waals surface area contributed by atoms with Gasteiger partial charge in [0.25, 0.3) is 5.91 Å². The molecule has 30 heavy (non-hydrogen) atoms. The number of fused-ring (bicyclic) bond motifs is 1. The number of furan rings is 1. The largest absolute Gasteiger partial charge is 0.489 e. The molecule has 8 heteroatoms. The minimum absolute atomic E-state index is 0.139. The zero-order chi connectivity index (χ0) is 21.1. The highest BCUT2D eigenvalue weighted by Crippen LogP contribution is 2.29. The van der Waals surface area contributed by atoms with E-state index in [1.54, 1.807) is 13.0 Å². The Bertz CT molecular complexity index is 1210. The first kappa shape index (κ1) is 19.7. The van der Waals surface area contributed by atoms with Crippen LogP contribution in [0.3, 0.4) is 0 Å². The predicted octanol–water partition coefficient (Wildman–Crippen LogP) is 4.82. The van der Waals surface area contributed by atoms with Crippen LogP contribution < -0.4 is 10.1 Å². The highest BCUT2D eigenvalue weighted by Gasteiger charge is 2.23. The van der Waals surface area contributed by atoms with Gasteiger partial charge < -0.3 is 13.9 Å². The molecule has 0 saturated carbocycles. The van der Waals surface area contributed by atoms with Crippen molar-refractivity contribution >= 4 is 39.3 Å². The van der Waals surface area contributed by atoms with Gasteiger partial charge in [0.2, 0.25) is 0 Å². The molecule has 0 bridgehead atoms. The van der Waals surface area contributed by atoms with E-state index in [0.717, 1.165) is 16.7 Å². The number of benzene rings is 2. The van der Waals surface area contributed by atoms with Crippen LogP contribution in [0.25, 0.3) is 11.0 Å². The number of anilines is 1. The number of hydrogen-bond donors (Lipinski definition) is 1. The summed E-state index contributed by atoms with van der Waals surface area (Å²) in [5.74, 6) is -0.138. The number of amides is 1. The van der Waals surface area contributed by atoms with Crippen LogP contribution in [0, 0.1) is 6.92 Å². The lowest BCUT2D eigenvalue weighted by atomic mass is 10.1. The summed E-state index contributed by atoms with van der Waals surface area (Å²) in [7, 11) is 1.30. The van der Waals surface area contributed by atoms with E-state index in [0.29, 0.717) is 27.5 Å². The van der Waals surface area contributed by atoms with Crippen LogP contribution in [0.15, 0.2) is 59.0 Å². The molecule has 0 aliphatic heterocycles. The van der Waals surface area contributed by atoms with Gasteiger partial charge in [-0.05, 0) is 25.1 Å². The SMILES string of the molecule is COC(=O)c1sc(NC(=O)c2oc3ccccc3c2COc2ccccc2)nc1C. The maximum Gasteiger partial charge on any atom is 0.350 e. The van der Waals surface area contributed by atoms with Gasteiger partial charge in [-0.2, -0.15) is 0 Å². The van der Waals surface area contributed by atoms with E-state index in [1.165, 1.54) is 7.11 Å². The average molecular weight is 422 g/mol. The quantitative estimate of drug-likeness (QED) is 0.448. The van der Waals surface area contributed by atoms with Gasteiger partial charge in [0.1, 0.15) is 22.8 Å². The van der Waals surface area contributed by atoms with Crippen molar-refractivity contribution in [2.75, 3.05) is 12.4 Å². The summed E-state index contributed by atoms with van der Waals surface area (Å²) in [4.78, 5) is 29.3. The summed E-state index contributed by atoms with van der Waals surface area (Å²) in [6.07, 6.45) is 0. The average Bonchev–Trinajstić information content (AvgIpc) is 3.32. The van der Waals surface area contributed by atoms with Crippen LogP contribution in [0.1, 0.15) is 31.5 Å². The molecule has 0 unspecified atom stereocenters. The Morgan fingerprint density at radius 3 is 2.60 bits per heavy atom. The second kappa shape index (κ2) is 8.38.